The minimum Gasteiger partial charge on any atom is -0.490 e. The maximum Gasteiger partial charge on any atom is 0.120 e. The van der Waals surface area contributed by atoms with E-state index in [4.69, 9.17) is 4.74 Å². The Kier molecular flexibility index (Phi) is 3.19. The second-order valence-corrected chi connectivity index (χ2v) is 6.14. The van der Waals surface area contributed by atoms with E-state index in [1.807, 2.05) is 7.05 Å². The molecule has 1 unspecified atom stereocenters. The largest absolute Gasteiger partial charge is 0.490 e. The molecule has 0 bridgehead atoms. The zero-order chi connectivity index (χ0) is 14.2. The van der Waals surface area contributed by atoms with E-state index in [0.717, 1.165) is 5.75 Å². The molecule has 0 amide bonds. The average Bonchev–Trinajstić information content (AvgIpc) is 3.24. The Morgan fingerprint density at radius 2 is 1.86 bits per heavy atom. The van der Waals surface area contributed by atoms with Crippen molar-refractivity contribution >= 4 is 0 Å². The van der Waals surface area contributed by atoms with Crippen molar-refractivity contribution in [2.75, 3.05) is 7.05 Å². The lowest BCUT2D eigenvalue weighted by Gasteiger charge is -2.11. The van der Waals surface area contributed by atoms with Crippen LogP contribution in [-0.4, -0.2) is 13.2 Å². The highest BCUT2D eigenvalue weighted by atomic mass is 16.5. The number of nitrogens with one attached hydrogen (secondary N) is 1. The van der Waals surface area contributed by atoms with E-state index in [-0.39, 0.29) is 0 Å². The van der Waals surface area contributed by atoms with Gasteiger partial charge in [0.15, 0.2) is 0 Å². The fourth-order valence-electron chi connectivity index (χ4n) is 3.22. The number of ether oxygens (including phenoxy) is 1. The Hall–Kier alpha value is -1.80. The normalized spacial score (nSPS) is 20.3. The van der Waals surface area contributed by atoms with E-state index in [1.54, 1.807) is 0 Å². The average molecular weight is 279 g/mol. The third-order valence-electron chi connectivity index (χ3n) is 4.56. The van der Waals surface area contributed by atoms with Crippen molar-refractivity contribution in [1.29, 1.82) is 0 Å². The summed E-state index contributed by atoms with van der Waals surface area (Å²) in [4.78, 5) is 0. The molecule has 0 heterocycles. The van der Waals surface area contributed by atoms with Crippen LogP contribution in [0.15, 0.2) is 42.5 Å². The van der Waals surface area contributed by atoms with Crippen molar-refractivity contribution in [3.8, 4) is 16.9 Å². The molecular weight excluding hydrogens is 258 g/mol. The Labute approximate surface area is 126 Å². The lowest BCUT2D eigenvalue weighted by Crippen LogP contribution is -2.12. The molecule has 108 valence electrons. The molecule has 4 rings (SSSR count). The first-order valence-corrected chi connectivity index (χ1v) is 7.90. The second kappa shape index (κ2) is 5.19. The number of fused-ring (bicyclic) bond motifs is 1. The number of hydrogen-bond donors (Lipinski definition) is 1. The Balaban J connectivity index is 1.64. The van der Waals surface area contributed by atoms with Gasteiger partial charge < -0.3 is 10.1 Å². The Bertz CT molecular complexity index is 660. The van der Waals surface area contributed by atoms with E-state index in [9.17, 15) is 0 Å². The lowest BCUT2D eigenvalue weighted by molar-refractivity contribution is 0.303. The van der Waals surface area contributed by atoms with Gasteiger partial charge in [-0.2, -0.15) is 0 Å². The predicted octanol–water partition coefficient (Wildman–Crippen LogP) is 4.10. The monoisotopic (exact) mass is 279 g/mol. The first-order chi connectivity index (χ1) is 10.3. The molecule has 0 aromatic heterocycles. The van der Waals surface area contributed by atoms with Gasteiger partial charge in [0.2, 0.25) is 0 Å². The Morgan fingerprint density at radius 1 is 1.00 bits per heavy atom. The highest BCUT2D eigenvalue weighted by Gasteiger charge is 2.24. The number of rotatable bonds is 4. The molecule has 2 aliphatic rings. The molecule has 2 aromatic carbocycles. The standard InChI is InChI=1S/C19H21NO/c1-20-19-10-6-15-11-14(5-9-18(15)19)13-3-2-4-17(12-13)21-16-7-8-16/h2-5,9,11-12,16,19-20H,6-8,10H2,1H3. The first-order valence-electron chi connectivity index (χ1n) is 7.90. The number of benzene rings is 2. The summed E-state index contributed by atoms with van der Waals surface area (Å²) in [5, 5.41) is 3.40. The van der Waals surface area contributed by atoms with Crippen molar-refractivity contribution in [2.24, 2.45) is 0 Å². The first kappa shape index (κ1) is 12.9. The molecule has 0 spiro atoms. The van der Waals surface area contributed by atoms with Crippen LogP contribution in [0.3, 0.4) is 0 Å². The molecule has 1 saturated carbocycles. The Morgan fingerprint density at radius 3 is 2.67 bits per heavy atom. The van der Waals surface area contributed by atoms with Crippen LogP contribution in [0, 0.1) is 0 Å². The molecule has 1 fully saturated rings. The molecule has 2 heteroatoms. The quantitative estimate of drug-likeness (QED) is 0.909. The van der Waals surface area contributed by atoms with Gasteiger partial charge in [0.25, 0.3) is 0 Å². The van der Waals surface area contributed by atoms with Crippen molar-refractivity contribution in [3.63, 3.8) is 0 Å². The molecule has 2 aliphatic carbocycles. The summed E-state index contributed by atoms with van der Waals surface area (Å²) in [5.41, 5.74) is 5.50. The summed E-state index contributed by atoms with van der Waals surface area (Å²) in [6.07, 6.45) is 5.24. The van der Waals surface area contributed by atoms with E-state index in [1.165, 1.54) is 47.9 Å². The molecule has 1 N–H and O–H groups in total. The highest BCUT2D eigenvalue weighted by molar-refractivity contribution is 5.67. The maximum atomic E-state index is 5.90. The van der Waals surface area contributed by atoms with Gasteiger partial charge >= 0.3 is 0 Å². The summed E-state index contributed by atoms with van der Waals surface area (Å²) in [7, 11) is 2.05. The molecule has 0 saturated heterocycles. The number of hydrogen-bond acceptors (Lipinski definition) is 2. The van der Waals surface area contributed by atoms with Gasteiger partial charge in [0.1, 0.15) is 5.75 Å². The molecule has 21 heavy (non-hydrogen) atoms. The van der Waals surface area contributed by atoms with Crippen LogP contribution < -0.4 is 10.1 Å². The van der Waals surface area contributed by atoms with Crippen molar-refractivity contribution < 1.29 is 4.74 Å². The molecular formula is C19H21NO. The molecule has 0 radical (unpaired) electrons. The van der Waals surface area contributed by atoms with Crippen LogP contribution in [-0.2, 0) is 6.42 Å². The van der Waals surface area contributed by atoms with E-state index < -0.39 is 0 Å². The topological polar surface area (TPSA) is 21.3 Å². The summed E-state index contributed by atoms with van der Waals surface area (Å²) in [6.45, 7) is 0. The van der Waals surface area contributed by atoms with Gasteiger partial charge in [-0.1, -0.05) is 30.3 Å². The van der Waals surface area contributed by atoms with E-state index >= 15 is 0 Å². The SMILES string of the molecule is CNC1CCc2cc(-c3cccc(OC4CC4)c3)ccc21. The molecule has 2 aromatic rings. The van der Waals surface area contributed by atoms with Crippen LogP contribution in [0.1, 0.15) is 36.4 Å². The van der Waals surface area contributed by atoms with Gasteiger partial charge in [0, 0.05) is 6.04 Å². The summed E-state index contributed by atoms with van der Waals surface area (Å²) in [5.74, 6) is 1.00. The number of aryl methyl sites for hydroxylation is 1. The predicted molar refractivity (Wildman–Crippen MR) is 85.6 cm³/mol. The zero-order valence-corrected chi connectivity index (χ0v) is 12.4. The van der Waals surface area contributed by atoms with Gasteiger partial charge in [-0.05, 0) is 67.1 Å². The van der Waals surface area contributed by atoms with Crippen LogP contribution in [0.2, 0.25) is 0 Å². The third kappa shape index (κ3) is 2.56. The molecule has 2 nitrogen and oxygen atoms in total. The van der Waals surface area contributed by atoms with Crippen LogP contribution in [0.25, 0.3) is 11.1 Å². The second-order valence-electron chi connectivity index (χ2n) is 6.14. The van der Waals surface area contributed by atoms with Crippen LogP contribution in [0.5, 0.6) is 5.75 Å². The van der Waals surface area contributed by atoms with E-state index in [0.29, 0.717) is 12.1 Å². The van der Waals surface area contributed by atoms with Crippen LogP contribution in [0.4, 0.5) is 0 Å². The summed E-state index contributed by atoms with van der Waals surface area (Å²) in [6, 6.07) is 15.9. The minimum absolute atomic E-state index is 0.455. The smallest absolute Gasteiger partial charge is 0.120 e. The summed E-state index contributed by atoms with van der Waals surface area (Å²) < 4.78 is 5.90. The fourth-order valence-corrected chi connectivity index (χ4v) is 3.22. The highest BCUT2D eigenvalue weighted by Crippen LogP contribution is 2.35. The van der Waals surface area contributed by atoms with E-state index in [2.05, 4.69) is 47.8 Å². The van der Waals surface area contributed by atoms with Gasteiger partial charge in [-0.15, -0.1) is 0 Å². The van der Waals surface area contributed by atoms with Crippen molar-refractivity contribution in [3.05, 3.63) is 53.6 Å². The fraction of sp³-hybridized carbons (Fsp3) is 0.368. The lowest BCUT2D eigenvalue weighted by atomic mass is 9.99. The molecule has 1 atom stereocenters. The summed E-state index contributed by atoms with van der Waals surface area (Å²) >= 11 is 0. The molecule has 0 aliphatic heterocycles. The van der Waals surface area contributed by atoms with Gasteiger partial charge in [0.05, 0.1) is 6.10 Å². The van der Waals surface area contributed by atoms with Gasteiger partial charge in [-0.3, -0.25) is 0 Å². The van der Waals surface area contributed by atoms with Crippen LogP contribution >= 0.6 is 0 Å². The van der Waals surface area contributed by atoms with Crippen molar-refractivity contribution in [2.45, 2.75) is 37.8 Å². The van der Waals surface area contributed by atoms with Crippen molar-refractivity contribution in [1.82, 2.24) is 5.32 Å². The third-order valence-corrected chi connectivity index (χ3v) is 4.56. The van der Waals surface area contributed by atoms with Gasteiger partial charge in [-0.25, -0.2) is 0 Å². The maximum absolute atomic E-state index is 5.90. The zero-order valence-electron chi connectivity index (χ0n) is 12.4. The minimum atomic E-state index is 0.455.